The van der Waals surface area contributed by atoms with Gasteiger partial charge in [0, 0.05) is 6.07 Å². The van der Waals surface area contributed by atoms with Crippen LogP contribution in [-0.4, -0.2) is 20.6 Å². The standard InChI is InChI=1S/C21H17N3O3S/c1-2-18-23-24-19(25)12-17(22-21(24)28-18)13-27-20(26)16-10-8-15(9-11-16)14-6-4-3-5-7-14/h3-12H,2,13H2,1H3. The summed E-state index contributed by atoms with van der Waals surface area (Å²) in [6.07, 6.45) is 0.733. The van der Waals surface area contributed by atoms with Gasteiger partial charge in [0.25, 0.3) is 5.56 Å². The van der Waals surface area contributed by atoms with Crippen molar-refractivity contribution in [1.82, 2.24) is 14.6 Å². The number of nitrogens with zero attached hydrogens (tertiary/aromatic N) is 3. The van der Waals surface area contributed by atoms with Gasteiger partial charge in [0.05, 0.1) is 11.3 Å². The number of carbonyl (C=O) groups excluding carboxylic acids is 1. The molecular weight excluding hydrogens is 374 g/mol. The first-order chi connectivity index (χ1) is 13.6. The van der Waals surface area contributed by atoms with Crippen molar-refractivity contribution < 1.29 is 9.53 Å². The lowest BCUT2D eigenvalue weighted by Crippen LogP contribution is -2.16. The first kappa shape index (κ1) is 18.1. The van der Waals surface area contributed by atoms with Gasteiger partial charge in [0.2, 0.25) is 4.96 Å². The predicted octanol–water partition coefficient (Wildman–Crippen LogP) is 3.74. The van der Waals surface area contributed by atoms with E-state index in [1.165, 1.54) is 21.9 Å². The highest BCUT2D eigenvalue weighted by atomic mass is 32.1. The third kappa shape index (κ3) is 3.70. The molecule has 7 heteroatoms. The summed E-state index contributed by atoms with van der Waals surface area (Å²) in [6.45, 7) is 1.90. The minimum Gasteiger partial charge on any atom is -0.456 e. The second-order valence-corrected chi connectivity index (χ2v) is 7.19. The molecule has 4 rings (SSSR count). The molecule has 0 aliphatic carbocycles. The van der Waals surface area contributed by atoms with E-state index in [2.05, 4.69) is 10.1 Å². The monoisotopic (exact) mass is 391 g/mol. The van der Waals surface area contributed by atoms with Gasteiger partial charge in [-0.3, -0.25) is 4.79 Å². The first-order valence-electron chi connectivity index (χ1n) is 8.85. The molecule has 28 heavy (non-hydrogen) atoms. The lowest BCUT2D eigenvalue weighted by atomic mass is 10.0. The summed E-state index contributed by atoms with van der Waals surface area (Å²) in [5.74, 6) is -0.458. The largest absolute Gasteiger partial charge is 0.456 e. The van der Waals surface area contributed by atoms with Crippen LogP contribution in [0.25, 0.3) is 16.1 Å². The number of esters is 1. The molecule has 0 aliphatic rings. The fraction of sp³-hybridized carbons (Fsp3) is 0.143. The summed E-state index contributed by atoms with van der Waals surface area (Å²) in [4.78, 5) is 29.3. The number of carbonyl (C=O) groups is 1. The molecule has 2 aromatic heterocycles. The van der Waals surface area contributed by atoms with Crippen LogP contribution in [0.4, 0.5) is 0 Å². The van der Waals surface area contributed by atoms with E-state index in [0.717, 1.165) is 22.6 Å². The van der Waals surface area contributed by atoms with Crippen LogP contribution in [0, 0.1) is 0 Å². The van der Waals surface area contributed by atoms with E-state index in [0.29, 0.717) is 16.2 Å². The highest BCUT2D eigenvalue weighted by Gasteiger charge is 2.11. The molecule has 6 nitrogen and oxygen atoms in total. The number of rotatable bonds is 5. The molecule has 0 saturated heterocycles. The van der Waals surface area contributed by atoms with Crippen molar-refractivity contribution >= 4 is 22.3 Å². The smallest absolute Gasteiger partial charge is 0.338 e. The van der Waals surface area contributed by atoms with E-state index >= 15 is 0 Å². The zero-order chi connectivity index (χ0) is 19.5. The Hall–Kier alpha value is -3.32. The zero-order valence-electron chi connectivity index (χ0n) is 15.2. The average molecular weight is 391 g/mol. The molecule has 0 saturated carbocycles. The fourth-order valence-electron chi connectivity index (χ4n) is 2.76. The van der Waals surface area contributed by atoms with E-state index in [4.69, 9.17) is 4.74 Å². The van der Waals surface area contributed by atoms with Crippen LogP contribution in [0.3, 0.4) is 0 Å². The summed E-state index contributed by atoms with van der Waals surface area (Å²) < 4.78 is 6.61. The molecule has 0 atom stereocenters. The minimum atomic E-state index is -0.458. The van der Waals surface area contributed by atoms with Gasteiger partial charge >= 0.3 is 5.97 Å². The van der Waals surface area contributed by atoms with Crippen LogP contribution in [0.2, 0.25) is 0 Å². The molecule has 4 aromatic rings. The highest BCUT2D eigenvalue weighted by Crippen LogP contribution is 2.19. The van der Waals surface area contributed by atoms with Gasteiger partial charge in [-0.1, -0.05) is 60.7 Å². The number of fused-ring (bicyclic) bond motifs is 1. The SMILES string of the molecule is CCc1nn2c(=O)cc(COC(=O)c3ccc(-c4ccccc4)cc3)nc2s1. The van der Waals surface area contributed by atoms with E-state index in [1.54, 1.807) is 12.1 Å². The number of aromatic nitrogens is 3. The Morgan fingerprint density at radius 3 is 2.50 bits per heavy atom. The zero-order valence-corrected chi connectivity index (χ0v) is 16.0. The molecule has 0 bridgehead atoms. The van der Waals surface area contributed by atoms with Crippen LogP contribution in [0.5, 0.6) is 0 Å². The summed E-state index contributed by atoms with van der Waals surface area (Å²) in [7, 11) is 0. The van der Waals surface area contributed by atoms with Crippen LogP contribution in [0.1, 0.15) is 28.0 Å². The third-order valence-corrected chi connectivity index (χ3v) is 5.27. The summed E-state index contributed by atoms with van der Waals surface area (Å²) >= 11 is 1.36. The van der Waals surface area contributed by atoms with Crippen LogP contribution >= 0.6 is 11.3 Å². The van der Waals surface area contributed by atoms with Crippen LogP contribution in [0.15, 0.2) is 65.5 Å². The van der Waals surface area contributed by atoms with Crippen molar-refractivity contribution in [1.29, 1.82) is 0 Å². The lowest BCUT2D eigenvalue weighted by molar-refractivity contribution is 0.0468. The Morgan fingerprint density at radius 1 is 1.07 bits per heavy atom. The maximum Gasteiger partial charge on any atom is 0.338 e. The molecule has 0 amide bonds. The number of hydrogen-bond donors (Lipinski definition) is 0. The Morgan fingerprint density at radius 2 is 1.79 bits per heavy atom. The second kappa shape index (κ2) is 7.74. The normalized spacial score (nSPS) is 10.9. The molecule has 0 unspecified atom stereocenters. The van der Waals surface area contributed by atoms with E-state index in [-0.39, 0.29) is 12.2 Å². The van der Waals surface area contributed by atoms with E-state index < -0.39 is 5.97 Å². The molecule has 2 heterocycles. The van der Waals surface area contributed by atoms with Crippen molar-refractivity contribution in [3.63, 3.8) is 0 Å². The summed E-state index contributed by atoms with van der Waals surface area (Å²) in [5, 5.41) is 5.03. The van der Waals surface area contributed by atoms with E-state index in [1.807, 2.05) is 49.4 Å². The van der Waals surface area contributed by atoms with Gasteiger partial charge in [-0.2, -0.15) is 9.61 Å². The maximum absolute atomic E-state index is 12.3. The average Bonchev–Trinajstić information content (AvgIpc) is 3.17. The molecular formula is C21H17N3O3S. The van der Waals surface area contributed by atoms with Gasteiger partial charge in [-0.05, 0) is 29.7 Å². The van der Waals surface area contributed by atoms with Gasteiger partial charge in [0.1, 0.15) is 11.6 Å². The van der Waals surface area contributed by atoms with Crippen molar-refractivity contribution in [2.45, 2.75) is 20.0 Å². The van der Waals surface area contributed by atoms with E-state index in [9.17, 15) is 9.59 Å². The van der Waals surface area contributed by atoms with Gasteiger partial charge < -0.3 is 4.74 Å². The fourth-order valence-corrected chi connectivity index (χ4v) is 3.62. The molecule has 140 valence electrons. The molecule has 0 aliphatic heterocycles. The first-order valence-corrected chi connectivity index (χ1v) is 9.67. The van der Waals surface area contributed by atoms with Crippen molar-refractivity contribution in [2.24, 2.45) is 0 Å². The number of aryl methyl sites for hydroxylation is 1. The van der Waals surface area contributed by atoms with Gasteiger partial charge in [0.15, 0.2) is 0 Å². The second-order valence-electron chi connectivity index (χ2n) is 6.15. The minimum absolute atomic E-state index is 0.0651. The van der Waals surface area contributed by atoms with Crippen LogP contribution in [-0.2, 0) is 17.8 Å². The Balaban J connectivity index is 1.47. The molecule has 0 fully saturated rings. The van der Waals surface area contributed by atoms with Crippen molar-refractivity contribution in [2.75, 3.05) is 0 Å². The van der Waals surface area contributed by atoms with Crippen molar-refractivity contribution in [3.05, 3.63) is 87.3 Å². The Kier molecular flexibility index (Phi) is 4.99. The lowest BCUT2D eigenvalue weighted by Gasteiger charge is -2.06. The molecule has 0 radical (unpaired) electrons. The van der Waals surface area contributed by atoms with Gasteiger partial charge in [-0.25, -0.2) is 9.78 Å². The number of benzene rings is 2. The predicted molar refractivity (Wildman–Crippen MR) is 108 cm³/mol. The summed E-state index contributed by atoms with van der Waals surface area (Å²) in [6, 6.07) is 18.5. The molecule has 2 aromatic carbocycles. The van der Waals surface area contributed by atoms with Crippen LogP contribution < -0.4 is 5.56 Å². The molecule has 0 N–H and O–H groups in total. The molecule has 0 spiro atoms. The Labute approximate surface area is 165 Å². The number of hydrogen-bond acceptors (Lipinski definition) is 6. The quantitative estimate of drug-likeness (QED) is 0.485. The van der Waals surface area contributed by atoms with Crippen molar-refractivity contribution in [3.8, 4) is 11.1 Å². The Bertz CT molecular complexity index is 1180. The maximum atomic E-state index is 12.3. The topological polar surface area (TPSA) is 73.6 Å². The third-order valence-electron chi connectivity index (χ3n) is 4.22. The van der Waals surface area contributed by atoms with Gasteiger partial charge in [-0.15, -0.1) is 0 Å². The highest BCUT2D eigenvalue weighted by molar-refractivity contribution is 7.16. The summed E-state index contributed by atoms with van der Waals surface area (Å²) in [5.41, 5.74) is 2.68. The number of ether oxygens (including phenoxy) is 1.